The predicted molar refractivity (Wildman–Crippen MR) is 99.6 cm³/mol. The number of carboxylic acids is 1. The lowest BCUT2D eigenvalue weighted by molar-refractivity contribution is 0.0696. The van der Waals surface area contributed by atoms with E-state index in [4.69, 9.17) is 14.6 Å². The summed E-state index contributed by atoms with van der Waals surface area (Å²) in [4.78, 5) is 25.1. The molecule has 27 heavy (non-hydrogen) atoms. The van der Waals surface area contributed by atoms with Gasteiger partial charge in [-0.25, -0.2) is 9.59 Å². The van der Waals surface area contributed by atoms with Gasteiger partial charge < -0.3 is 19.5 Å². The molecule has 1 aliphatic rings. The van der Waals surface area contributed by atoms with Crippen LogP contribution in [-0.4, -0.2) is 48.4 Å². The largest absolute Gasteiger partial charge is 0.478 e. The highest BCUT2D eigenvalue weighted by molar-refractivity contribution is 5.87. The van der Waals surface area contributed by atoms with Crippen LogP contribution in [0.1, 0.15) is 21.5 Å². The zero-order valence-electron chi connectivity index (χ0n) is 15.0. The van der Waals surface area contributed by atoms with Crippen molar-refractivity contribution < 1.29 is 24.2 Å². The highest BCUT2D eigenvalue weighted by Crippen LogP contribution is 2.16. The van der Waals surface area contributed by atoms with Crippen LogP contribution in [-0.2, 0) is 22.5 Å². The molecule has 1 saturated heterocycles. The average Bonchev–Trinajstić information content (AvgIpc) is 2.93. The van der Waals surface area contributed by atoms with Gasteiger partial charge >= 0.3 is 12.1 Å². The summed E-state index contributed by atoms with van der Waals surface area (Å²) in [6.07, 6.45) is 0.373. The Kier molecular flexibility index (Phi) is 6.44. The first kappa shape index (κ1) is 18.9. The van der Waals surface area contributed by atoms with E-state index >= 15 is 0 Å². The molecule has 142 valence electrons. The Morgan fingerprint density at radius 3 is 2.52 bits per heavy atom. The molecule has 1 atom stereocenters. The summed E-state index contributed by atoms with van der Waals surface area (Å²) in [6, 6.07) is 16.4. The van der Waals surface area contributed by atoms with E-state index in [0.29, 0.717) is 32.7 Å². The lowest BCUT2D eigenvalue weighted by Crippen LogP contribution is -2.36. The van der Waals surface area contributed by atoms with E-state index in [1.807, 2.05) is 42.5 Å². The Balaban J connectivity index is 1.56. The second-order valence-electron chi connectivity index (χ2n) is 6.63. The first-order valence-corrected chi connectivity index (χ1v) is 8.97. The van der Waals surface area contributed by atoms with Gasteiger partial charge in [0, 0.05) is 19.0 Å². The third-order valence-electron chi connectivity index (χ3n) is 4.53. The maximum atomic E-state index is 12.4. The fraction of sp³-hybridized carbons (Fsp3) is 0.333. The molecular weight excluding hydrogens is 346 g/mol. The van der Waals surface area contributed by atoms with E-state index in [9.17, 15) is 9.59 Å². The first-order chi connectivity index (χ1) is 13.1. The number of amides is 1. The van der Waals surface area contributed by atoms with E-state index in [-0.39, 0.29) is 24.2 Å². The lowest BCUT2D eigenvalue weighted by Gasteiger charge is -2.23. The summed E-state index contributed by atoms with van der Waals surface area (Å²) in [7, 11) is 0. The van der Waals surface area contributed by atoms with Crippen LogP contribution in [0.25, 0.3) is 0 Å². The van der Waals surface area contributed by atoms with Gasteiger partial charge in [-0.05, 0) is 29.7 Å². The molecule has 0 bridgehead atoms. The quantitative estimate of drug-likeness (QED) is 0.876. The van der Waals surface area contributed by atoms with Gasteiger partial charge in [-0.15, -0.1) is 0 Å². The van der Waals surface area contributed by atoms with Crippen molar-refractivity contribution in [2.24, 2.45) is 5.92 Å². The van der Waals surface area contributed by atoms with Crippen LogP contribution < -0.4 is 0 Å². The van der Waals surface area contributed by atoms with Crippen molar-refractivity contribution in [3.8, 4) is 0 Å². The van der Waals surface area contributed by atoms with Crippen molar-refractivity contribution in [1.29, 1.82) is 0 Å². The Morgan fingerprint density at radius 2 is 1.81 bits per heavy atom. The summed E-state index contributed by atoms with van der Waals surface area (Å²) in [5.74, 6) is -0.806. The van der Waals surface area contributed by atoms with Gasteiger partial charge in [-0.1, -0.05) is 42.5 Å². The van der Waals surface area contributed by atoms with Gasteiger partial charge in [-0.3, -0.25) is 0 Å². The number of carbonyl (C=O) groups excluding carboxylic acids is 1. The minimum Gasteiger partial charge on any atom is -0.478 e. The number of rotatable bonds is 5. The van der Waals surface area contributed by atoms with Crippen molar-refractivity contribution in [1.82, 2.24) is 4.90 Å². The van der Waals surface area contributed by atoms with Gasteiger partial charge in [0.2, 0.25) is 0 Å². The Bertz CT molecular complexity index is 760. The van der Waals surface area contributed by atoms with Crippen LogP contribution in [0.3, 0.4) is 0 Å². The smallest absolute Gasteiger partial charge is 0.410 e. The number of carbonyl (C=O) groups is 2. The maximum absolute atomic E-state index is 12.4. The van der Waals surface area contributed by atoms with E-state index in [0.717, 1.165) is 11.1 Å². The van der Waals surface area contributed by atoms with Crippen LogP contribution in [0.2, 0.25) is 0 Å². The molecule has 1 amide bonds. The van der Waals surface area contributed by atoms with Crippen molar-refractivity contribution in [3.63, 3.8) is 0 Å². The zero-order valence-corrected chi connectivity index (χ0v) is 15.0. The van der Waals surface area contributed by atoms with Crippen molar-refractivity contribution in [2.75, 3.05) is 26.3 Å². The molecule has 1 aliphatic heterocycles. The number of ether oxygens (including phenoxy) is 2. The topological polar surface area (TPSA) is 76.1 Å². The number of hydrogen-bond acceptors (Lipinski definition) is 4. The predicted octanol–water partition coefficient (Wildman–Crippen LogP) is 3.21. The fourth-order valence-corrected chi connectivity index (χ4v) is 3.10. The van der Waals surface area contributed by atoms with Crippen LogP contribution in [0.4, 0.5) is 4.79 Å². The van der Waals surface area contributed by atoms with E-state index in [2.05, 4.69) is 0 Å². The molecule has 6 nitrogen and oxygen atoms in total. The summed E-state index contributed by atoms with van der Waals surface area (Å²) in [5.41, 5.74) is 2.24. The molecule has 0 spiro atoms. The highest BCUT2D eigenvalue weighted by Gasteiger charge is 2.24. The summed E-state index contributed by atoms with van der Waals surface area (Å²) >= 11 is 0. The molecule has 3 rings (SSSR count). The van der Waals surface area contributed by atoms with Crippen LogP contribution >= 0.6 is 0 Å². The molecule has 1 heterocycles. The monoisotopic (exact) mass is 369 g/mol. The van der Waals surface area contributed by atoms with E-state index in [1.165, 1.54) is 0 Å². The number of nitrogens with zero attached hydrogens (tertiary/aromatic N) is 1. The van der Waals surface area contributed by atoms with Crippen molar-refractivity contribution in [2.45, 2.75) is 13.0 Å². The van der Waals surface area contributed by atoms with Crippen LogP contribution in [0, 0.1) is 5.92 Å². The minimum atomic E-state index is -0.938. The molecule has 1 unspecified atom stereocenters. The minimum absolute atomic E-state index is 0.132. The normalized spacial score (nSPS) is 17.2. The Morgan fingerprint density at radius 1 is 1.07 bits per heavy atom. The summed E-state index contributed by atoms with van der Waals surface area (Å²) in [6.45, 7) is 2.34. The first-order valence-electron chi connectivity index (χ1n) is 8.97. The molecule has 0 aliphatic carbocycles. The van der Waals surface area contributed by atoms with Gasteiger partial charge in [0.25, 0.3) is 0 Å². The molecule has 1 fully saturated rings. The standard InChI is InChI=1S/C21H23NO5/c23-20(24)19-8-6-16(7-9-19)12-18-13-22(10-11-26-14-18)21(25)27-15-17-4-2-1-3-5-17/h1-9,18H,10-15H2,(H,23,24). The molecule has 6 heteroatoms. The van der Waals surface area contributed by atoms with Crippen LogP contribution in [0.5, 0.6) is 0 Å². The van der Waals surface area contributed by atoms with E-state index in [1.54, 1.807) is 17.0 Å². The van der Waals surface area contributed by atoms with Gasteiger partial charge in [0.05, 0.1) is 18.8 Å². The van der Waals surface area contributed by atoms with Gasteiger partial charge in [0.15, 0.2) is 0 Å². The van der Waals surface area contributed by atoms with Crippen LogP contribution in [0.15, 0.2) is 54.6 Å². The Labute approximate surface area is 158 Å². The fourth-order valence-electron chi connectivity index (χ4n) is 3.10. The molecular formula is C21H23NO5. The molecule has 2 aromatic carbocycles. The third-order valence-corrected chi connectivity index (χ3v) is 4.53. The molecule has 2 aromatic rings. The number of aromatic carboxylic acids is 1. The maximum Gasteiger partial charge on any atom is 0.410 e. The zero-order chi connectivity index (χ0) is 19.1. The second kappa shape index (κ2) is 9.19. The average molecular weight is 369 g/mol. The van der Waals surface area contributed by atoms with Crippen molar-refractivity contribution in [3.05, 3.63) is 71.3 Å². The van der Waals surface area contributed by atoms with Crippen molar-refractivity contribution >= 4 is 12.1 Å². The second-order valence-corrected chi connectivity index (χ2v) is 6.63. The van der Waals surface area contributed by atoms with Gasteiger partial charge in [0.1, 0.15) is 6.61 Å². The SMILES string of the molecule is O=C(O)c1ccc(CC2COCCN(C(=O)OCc3ccccc3)C2)cc1. The molecule has 0 radical (unpaired) electrons. The molecule has 0 aromatic heterocycles. The summed E-state index contributed by atoms with van der Waals surface area (Å²) in [5, 5.41) is 8.98. The third kappa shape index (κ3) is 5.56. The lowest BCUT2D eigenvalue weighted by atomic mass is 9.99. The molecule has 0 saturated carbocycles. The van der Waals surface area contributed by atoms with Gasteiger partial charge in [-0.2, -0.15) is 0 Å². The Hall–Kier alpha value is -2.86. The number of benzene rings is 2. The highest BCUT2D eigenvalue weighted by atomic mass is 16.6. The molecule has 1 N–H and O–H groups in total. The van der Waals surface area contributed by atoms with E-state index < -0.39 is 5.97 Å². The number of carboxylic acid groups (broad SMARTS) is 1. The summed E-state index contributed by atoms with van der Waals surface area (Å²) < 4.78 is 11.1. The number of hydrogen-bond donors (Lipinski definition) is 1.